The van der Waals surface area contributed by atoms with E-state index in [9.17, 15) is 0 Å². The molecule has 2 N–H and O–H groups in total. The second kappa shape index (κ2) is 5.67. The Kier molecular flexibility index (Phi) is 3.97. The van der Waals surface area contributed by atoms with Crippen molar-refractivity contribution in [3.05, 3.63) is 41.7 Å². The average Bonchev–Trinajstić information content (AvgIpc) is 2.46. The summed E-state index contributed by atoms with van der Waals surface area (Å²) in [6.07, 6.45) is 1.77. The van der Waals surface area contributed by atoms with Crippen LogP contribution >= 0.6 is 0 Å². The standard InChI is InChI=1S/C14H18N4O/c1-10-11(8-15)9-16-14(17-10)18(2)12-6-4-5-7-13(12)19-3/h4-7,9H,8,15H2,1-3H3. The van der Waals surface area contributed by atoms with Gasteiger partial charge in [0.25, 0.3) is 0 Å². The summed E-state index contributed by atoms with van der Waals surface area (Å²) in [6, 6.07) is 7.76. The molecule has 0 aliphatic carbocycles. The Bertz CT molecular complexity index is 571. The van der Waals surface area contributed by atoms with Crippen molar-refractivity contribution >= 4 is 11.6 Å². The molecule has 0 radical (unpaired) electrons. The van der Waals surface area contributed by atoms with Crippen molar-refractivity contribution in [2.75, 3.05) is 19.1 Å². The maximum absolute atomic E-state index is 5.62. The van der Waals surface area contributed by atoms with Gasteiger partial charge in [0, 0.05) is 31.0 Å². The number of aromatic nitrogens is 2. The molecule has 0 unspecified atom stereocenters. The summed E-state index contributed by atoms with van der Waals surface area (Å²) in [5, 5.41) is 0. The van der Waals surface area contributed by atoms with Crippen LogP contribution in [0.1, 0.15) is 11.3 Å². The number of nitrogens with zero attached hydrogens (tertiary/aromatic N) is 3. The van der Waals surface area contributed by atoms with Crippen LogP contribution < -0.4 is 15.4 Å². The monoisotopic (exact) mass is 258 g/mol. The zero-order chi connectivity index (χ0) is 13.8. The summed E-state index contributed by atoms with van der Waals surface area (Å²) in [4.78, 5) is 10.7. The van der Waals surface area contributed by atoms with Gasteiger partial charge in [-0.3, -0.25) is 0 Å². The molecular formula is C14H18N4O. The molecular weight excluding hydrogens is 240 g/mol. The Morgan fingerprint density at radius 3 is 2.68 bits per heavy atom. The topological polar surface area (TPSA) is 64.3 Å². The number of methoxy groups -OCH3 is 1. The molecule has 100 valence electrons. The zero-order valence-electron chi connectivity index (χ0n) is 11.4. The first-order chi connectivity index (χ1) is 9.17. The van der Waals surface area contributed by atoms with E-state index < -0.39 is 0 Å². The van der Waals surface area contributed by atoms with Gasteiger partial charge < -0.3 is 15.4 Å². The van der Waals surface area contributed by atoms with Crippen molar-refractivity contribution in [2.24, 2.45) is 5.73 Å². The lowest BCUT2D eigenvalue weighted by molar-refractivity contribution is 0.415. The lowest BCUT2D eigenvalue weighted by Crippen LogP contribution is -2.15. The van der Waals surface area contributed by atoms with E-state index in [1.807, 2.05) is 43.1 Å². The Balaban J connectivity index is 2.38. The van der Waals surface area contributed by atoms with E-state index in [4.69, 9.17) is 10.5 Å². The fourth-order valence-electron chi connectivity index (χ4n) is 1.86. The Labute approximate surface area is 113 Å². The highest BCUT2D eigenvalue weighted by molar-refractivity contribution is 5.64. The molecule has 0 spiro atoms. The van der Waals surface area contributed by atoms with Crippen molar-refractivity contribution in [1.29, 1.82) is 0 Å². The van der Waals surface area contributed by atoms with Crippen LogP contribution in [-0.2, 0) is 6.54 Å². The van der Waals surface area contributed by atoms with Gasteiger partial charge in [0.05, 0.1) is 12.8 Å². The number of benzene rings is 1. The molecule has 5 nitrogen and oxygen atoms in total. The third-order valence-electron chi connectivity index (χ3n) is 3.03. The van der Waals surface area contributed by atoms with Gasteiger partial charge >= 0.3 is 0 Å². The molecule has 0 aliphatic rings. The zero-order valence-corrected chi connectivity index (χ0v) is 11.4. The predicted octanol–water partition coefficient (Wildman–Crippen LogP) is 2.02. The fraction of sp³-hybridized carbons (Fsp3) is 0.286. The van der Waals surface area contributed by atoms with Crippen molar-refractivity contribution < 1.29 is 4.74 Å². The van der Waals surface area contributed by atoms with Gasteiger partial charge in [0.15, 0.2) is 0 Å². The molecule has 0 amide bonds. The Morgan fingerprint density at radius 2 is 2.05 bits per heavy atom. The number of aryl methyl sites for hydroxylation is 1. The van der Waals surface area contributed by atoms with Crippen molar-refractivity contribution in [3.8, 4) is 5.75 Å². The highest BCUT2D eigenvalue weighted by Crippen LogP contribution is 2.30. The number of hydrogen-bond acceptors (Lipinski definition) is 5. The molecule has 1 heterocycles. The molecule has 19 heavy (non-hydrogen) atoms. The first-order valence-electron chi connectivity index (χ1n) is 6.06. The third-order valence-corrected chi connectivity index (χ3v) is 3.03. The molecule has 0 atom stereocenters. The number of rotatable bonds is 4. The van der Waals surface area contributed by atoms with Gasteiger partial charge in [0.2, 0.25) is 5.95 Å². The molecule has 0 fully saturated rings. The quantitative estimate of drug-likeness (QED) is 0.909. The van der Waals surface area contributed by atoms with Gasteiger partial charge in [-0.25, -0.2) is 9.97 Å². The molecule has 2 aromatic rings. The number of anilines is 2. The Hall–Kier alpha value is -2.14. The second-order valence-electron chi connectivity index (χ2n) is 4.22. The smallest absolute Gasteiger partial charge is 0.229 e. The van der Waals surface area contributed by atoms with Gasteiger partial charge in [-0.1, -0.05) is 12.1 Å². The molecule has 0 aliphatic heterocycles. The summed E-state index contributed by atoms with van der Waals surface area (Å²) >= 11 is 0. The summed E-state index contributed by atoms with van der Waals surface area (Å²) in [7, 11) is 3.56. The number of nitrogens with two attached hydrogens (primary N) is 1. The SMILES string of the molecule is COc1ccccc1N(C)c1ncc(CN)c(C)n1. The molecule has 0 saturated heterocycles. The molecule has 0 bridgehead atoms. The summed E-state index contributed by atoms with van der Waals surface area (Å²) in [5.74, 6) is 1.41. The van der Waals surface area contributed by atoms with E-state index in [1.165, 1.54) is 0 Å². The molecule has 0 saturated carbocycles. The van der Waals surface area contributed by atoms with Crippen molar-refractivity contribution in [1.82, 2.24) is 9.97 Å². The molecule has 2 rings (SSSR count). The average molecular weight is 258 g/mol. The molecule has 5 heteroatoms. The lowest BCUT2D eigenvalue weighted by Gasteiger charge is -2.20. The second-order valence-corrected chi connectivity index (χ2v) is 4.22. The minimum Gasteiger partial charge on any atom is -0.495 e. The van der Waals surface area contributed by atoms with Crippen LogP contribution in [0.15, 0.2) is 30.5 Å². The van der Waals surface area contributed by atoms with Crippen LogP contribution in [0.2, 0.25) is 0 Å². The molecule has 1 aromatic carbocycles. The number of ether oxygens (including phenoxy) is 1. The van der Waals surface area contributed by atoms with Crippen molar-refractivity contribution in [3.63, 3.8) is 0 Å². The lowest BCUT2D eigenvalue weighted by atomic mass is 10.2. The predicted molar refractivity (Wildman–Crippen MR) is 75.7 cm³/mol. The maximum Gasteiger partial charge on any atom is 0.229 e. The minimum atomic E-state index is 0.449. The largest absolute Gasteiger partial charge is 0.495 e. The first kappa shape index (κ1) is 13.3. The van der Waals surface area contributed by atoms with Crippen LogP contribution in [-0.4, -0.2) is 24.1 Å². The van der Waals surface area contributed by atoms with Crippen LogP contribution in [0.3, 0.4) is 0 Å². The van der Waals surface area contributed by atoms with E-state index in [1.54, 1.807) is 13.3 Å². The van der Waals surface area contributed by atoms with Gasteiger partial charge in [-0.05, 0) is 19.1 Å². The number of para-hydroxylation sites is 2. The van der Waals surface area contributed by atoms with Gasteiger partial charge in [0.1, 0.15) is 5.75 Å². The highest BCUT2D eigenvalue weighted by atomic mass is 16.5. The van der Waals surface area contributed by atoms with Crippen LogP contribution in [0.4, 0.5) is 11.6 Å². The normalized spacial score (nSPS) is 10.3. The van der Waals surface area contributed by atoms with Gasteiger partial charge in [-0.15, -0.1) is 0 Å². The summed E-state index contributed by atoms with van der Waals surface area (Å²) in [6.45, 7) is 2.38. The van der Waals surface area contributed by atoms with Crippen LogP contribution in [0.25, 0.3) is 0 Å². The van der Waals surface area contributed by atoms with E-state index in [-0.39, 0.29) is 0 Å². The van der Waals surface area contributed by atoms with E-state index in [0.29, 0.717) is 12.5 Å². The Morgan fingerprint density at radius 1 is 1.32 bits per heavy atom. The fourth-order valence-corrected chi connectivity index (χ4v) is 1.86. The van der Waals surface area contributed by atoms with E-state index >= 15 is 0 Å². The van der Waals surface area contributed by atoms with Crippen molar-refractivity contribution in [2.45, 2.75) is 13.5 Å². The summed E-state index contributed by atoms with van der Waals surface area (Å²) < 4.78 is 5.35. The minimum absolute atomic E-state index is 0.449. The molecule has 1 aromatic heterocycles. The third kappa shape index (κ3) is 2.66. The van der Waals surface area contributed by atoms with Gasteiger partial charge in [-0.2, -0.15) is 0 Å². The highest BCUT2D eigenvalue weighted by Gasteiger charge is 2.12. The van der Waals surface area contributed by atoms with E-state index in [0.717, 1.165) is 22.7 Å². The van der Waals surface area contributed by atoms with E-state index in [2.05, 4.69) is 9.97 Å². The van der Waals surface area contributed by atoms with Crippen LogP contribution in [0, 0.1) is 6.92 Å². The first-order valence-corrected chi connectivity index (χ1v) is 6.06. The summed E-state index contributed by atoms with van der Waals surface area (Å²) in [5.41, 5.74) is 8.39. The maximum atomic E-state index is 5.62. The van der Waals surface area contributed by atoms with Crippen LogP contribution in [0.5, 0.6) is 5.75 Å². The number of hydrogen-bond donors (Lipinski definition) is 1.